The number of aromatic nitrogens is 1. The number of anilines is 1. The van der Waals surface area contributed by atoms with E-state index in [0.29, 0.717) is 27.9 Å². The molecule has 0 aliphatic rings. The molecule has 29 heavy (non-hydrogen) atoms. The number of aryl methyl sites for hydroxylation is 3. The fourth-order valence-corrected chi connectivity index (χ4v) is 3.85. The Bertz CT molecular complexity index is 1030. The van der Waals surface area contributed by atoms with Gasteiger partial charge in [-0.05, 0) is 60.4 Å². The number of sulfonamides is 1. The summed E-state index contributed by atoms with van der Waals surface area (Å²) in [5, 5.41) is 8.97. The second-order valence-electron chi connectivity index (χ2n) is 6.44. The summed E-state index contributed by atoms with van der Waals surface area (Å²) >= 11 is 6.04. The van der Waals surface area contributed by atoms with Crippen molar-refractivity contribution in [2.45, 2.75) is 32.2 Å². The second kappa shape index (κ2) is 8.19. The molecule has 1 aromatic heterocycles. The molecule has 2 aromatic rings. The van der Waals surface area contributed by atoms with Gasteiger partial charge in [0.05, 0.1) is 12.1 Å². The molecule has 0 saturated carbocycles. The van der Waals surface area contributed by atoms with Gasteiger partial charge >= 0.3 is 21.5 Å². The second-order valence-corrected chi connectivity index (χ2v) is 8.78. The first-order chi connectivity index (χ1) is 13.2. The minimum absolute atomic E-state index is 0.132. The van der Waals surface area contributed by atoms with Crippen molar-refractivity contribution in [3.63, 3.8) is 0 Å². The molecule has 2 rings (SSSR count). The van der Waals surface area contributed by atoms with Gasteiger partial charge in [0.25, 0.3) is 0 Å². The monoisotopic (exact) mass is 450 g/mol. The van der Waals surface area contributed by atoms with E-state index in [-0.39, 0.29) is 28.0 Å². The van der Waals surface area contributed by atoms with Gasteiger partial charge in [-0.15, -0.1) is 0 Å². The van der Waals surface area contributed by atoms with E-state index in [0.717, 1.165) is 7.05 Å². The summed E-state index contributed by atoms with van der Waals surface area (Å²) in [6.45, 7) is 3.26. The molecule has 0 aliphatic carbocycles. The summed E-state index contributed by atoms with van der Waals surface area (Å²) < 4.78 is 62.1. The maximum atomic E-state index is 12.8. The number of nitrogens with zero attached hydrogens (tertiary/aromatic N) is 2. The molecule has 1 N–H and O–H groups in total. The van der Waals surface area contributed by atoms with E-state index in [9.17, 15) is 26.4 Å². The van der Waals surface area contributed by atoms with Crippen molar-refractivity contribution in [2.24, 2.45) is 0 Å². The third-order valence-corrected chi connectivity index (χ3v) is 5.98. The Morgan fingerprint density at radius 1 is 1.17 bits per heavy atom. The van der Waals surface area contributed by atoms with Crippen LogP contribution in [0.1, 0.15) is 23.2 Å². The summed E-state index contributed by atoms with van der Waals surface area (Å²) in [6.07, 6.45) is 0.0232. The van der Waals surface area contributed by atoms with Crippen LogP contribution < -0.4 is 4.31 Å². The van der Waals surface area contributed by atoms with Crippen molar-refractivity contribution in [1.29, 1.82) is 0 Å². The highest BCUT2D eigenvalue weighted by molar-refractivity contribution is 7.93. The maximum Gasteiger partial charge on any atom is 0.516 e. The summed E-state index contributed by atoms with van der Waals surface area (Å²) in [6, 6.07) is 5.87. The smallest absolute Gasteiger partial charge is 0.481 e. The van der Waals surface area contributed by atoms with Crippen LogP contribution in [0.2, 0.25) is 5.15 Å². The van der Waals surface area contributed by atoms with Gasteiger partial charge in [0.15, 0.2) is 0 Å². The zero-order chi connectivity index (χ0) is 22.1. The number of hydrogen-bond donors (Lipinski definition) is 1. The van der Waals surface area contributed by atoms with E-state index in [1.165, 1.54) is 12.1 Å². The van der Waals surface area contributed by atoms with E-state index in [4.69, 9.17) is 16.7 Å². The number of benzene rings is 1. The number of carboxylic acid groups (broad SMARTS) is 1. The topological polar surface area (TPSA) is 87.6 Å². The minimum Gasteiger partial charge on any atom is -0.481 e. The van der Waals surface area contributed by atoms with Crippen LogP contribution in [0.3, 0.4) is 0 Å². The summed E-state index contributed by atoms with van der Waals surface area (Å²) in [4.78, 5) is 14.9. The van der Waals surface area contributed by atoms with Crippen molar-refractivity contribution in [3.8, 4) is 11.1 Å². The highest BCUT2D eigenvalue weighted by Gasteiger charge is 2.49. The van der Waals surface area contributed by atoms with Crippen molar-refractivity contribution in [3.05, 3.63) is 46.2 Å². The highest BCUT2D eigenvalue weighted by atomic mass is 35.5. The number of hydrogen-bond acceptors (Lipinski definition) is 4. The van der Waals surface area contributed by atoms with E-state index < -0.39 is 21.5 Å². The van der Waals surface area contributed by atoms with Crippen LogP contribution in [0.25, 0.3) is 11.1 Å². The first-order valence-electron chi connectivity index (χ1n) is 8.29. The number of rotatable bonds is 6. The van der Waals surface area contributed by atoms with E-state index in [2.05, 4.69) is 4.98 Å². The van der Waals surface area contributed by atoms with Crippen LogP contribution in [-0.2, 0) is 21.2 Å². The number of aliphatic carboxylic acids is 1. The van der Waals surface area contributed by atoms with E-state index >= 15 is 0 Å². The van der Waals surface area contributed by atoms with Crippen LogP contribution in [0.4, 0.5) is 18.9 Å². The lowest BCUT2D eigenvalue weighted by Crippen LogP contribution is -2.38. The van der Waals surface area contributed by atoms with Gasteiger partial charge in [-0.2, -0.15) is 21.6 Å². The largest absolute Gasteiger partial charge is 0.516 e. The van der Waals surface area contributed by atoms with Crippen LogP contribution >= 0.6 is 11.6 Å². The average molecular weight is 451 g/mol. The lowest BCUT2D eigenvalue weighted by atomic mass is 9.95. The Labute approximate surface area is 171 Å². The predicted octanol–water partition coefficient (Wildman–Crippen LogP) is 4.32. The normalized spacial score (nSPS) is 12.1. The lowest BCUT2D eigenvalue weighted by molar-refractivity contribution is -0.136. The van der Waals surface area contributed by atoms with Gasteiger partial charge < -0.3 is 5.11 Å². The van der Waals surface area contributed by atoms with Crippen LogP contribution in [0.15, 0.2) is 24.3 Å². The fraction of sp³-hybridized carbons (Fsp3) is 0.333. The summed E-state index contributed by atoms with van der Waals surface area (Å²) in [5.74, 6) is -0.987. The molecule has 0 radical (unpaired) electrons. The Kier molecular flexibility index (Phi) is 6.48. The van der Waals surface area contributed by atoms with Crippen LogP contribution in [-0.4, -0.2) is 37.0 Å². The molecule has 0 bridgehead atoms. The number of carbonyl (C=O) groups is 1. The first kappa shape index (κ1) is 23.0. The lowest BCUT2D eigenvalue weighted by Gasteiger charge is -2.23. The summed E-state index contributed by atoms with van der Waals surface area (Å²) in [5.41, 5.74) is -2.80. The molecule has 158 valence electrons. The standard InChI is InChI=1S/C18H18ClF3N2O4S/c1-10-6-14(24(3)29(27,28)18(20,21)22)7-11(2)17(10)12-8-13(4-5-16(25)26)23-15(19)9-12/h6-9H,4-5H2,1-3H3,(H,25,26). The molecule has 0 unspecified atom stereocenters. The Morgan fingerprint density at radius 3 is 2.21 bits per heavy atom. The van der Waals surface area contributed by atoms with Gasteiger partial charge in [-0.3, -0.25) is 9.10 Å². The van der Waals surface area contributed by atoms with E-state index in [1.807, 2.05) is 0 Å². The van der Waals surface area contributed by atoms with Crippen molar-refractivity contribution in [1.82, 2.24) is 4.98 Å². The van der Waals surface area contributed by atoms with Gasteiger partial charge in [0, 0.05) is 19.2 Å². The molecule has 0 saturated heterocycles. The molecule has 11 heteroatoms. The number of halogens is 4. The van der Waals surface area contributed by atoms with E-state index in [1.54, 1.807) is 26.0 Å². The molecular weight excluding hydrogens is 433 g/mol. The maximum absolute atomic E-state index is 12.8. The quantitative estimate of drug-likeness (QED) is 0.662. The third kappa shape index (κ3) is 4.99. The van der Waals surface area contributed by atoms with Crippen LogP contribution in [0, 0.1) is 13.8 Å². The number of pyridine rings is 1. The Hall–Kier alpha value is -2.33. The molecule has 0 atom stereocenters. The van der Waals surface area contributed by atoms with Crippen LogP contribution in [0.5, 0.6) is 0 Å². The minimum atomic E-state index is -5.52. The Balaban J connectivity index is 2.51. The van der Waals surface area contributed by atoms with Gasteiger partial charge in [-0.25, -0.2) is 4.98 Å². The highest BCUT2D eigenvalue weighted by Crippen LogP contribution is 2.35. The third-order valence-electron chi connectivity index (χ3n) is 4.26. The molecular formula is C18H18ClF3N2O4S. The number of alkyl halides is 3. The fourth-order valence-electron chi connectivity index (χ4n) is 2.93. The molecule has 1 aromatic carbocycles. The molecule has 0 amide bonds. The molecule has 0 spiro atoms. The molecule has 0 fully saturated rings. The first-order valence-corrected chi connectivity index (χ1v) is 10.1. The molecule has 1 heterocycles. The zero-order valence-electron chi connectivity index (χ0n) is 15.7. The molecule has 0 aliphatic heterocycles. The average Bonchev–Trinajstić information content (AvgIpc) is 2.57. The summed E-state index contributed by atoms with van der Waals surface area (Å²) in [7, 11) is -4.69. The SMILES string of the molecule is Cc1cc(N(C)S(=O)(=O)C(F)(F)F)cc(C)c1-c1cc(Cl)nc(CCC(=O)O)c1. The van der Waals surface area contributed by atoms with Crippen molar-refractivity contribution >= 4 is 33.3 Å². The van der Waals surface area contributed by atoms with Crippen molar-refractivity contribution < 1.29 is 31.5 Å². The predicted molar refractivity (Wildman–Crippen MR) is 103 cm³/mol. The zero-order valence-corrected chi connectivity index (χ0v) is 17.3. The molecule has 6 nitrogen and oxygen atoms in total. The van der Waals surface area contributed by atoms with Crippen molar-refractivity contribution in [2.75, 3.05) is 11.4 Å². The van der Waals surface area contributed by atoms with Gasteiger partial charge in [0.2, 0.25) is 0 Å². The number of carboxylic acids is 1. The van der Waals surface area contributed by atoms with Gasteiger partial charge in [0.1, 0.15) is 5.15 Å². The Morgan fingerprint density at radius 2 is 1.72 bits per heavy atom. The van der Waals surface area contributed by atoms with Gasteiger partial charge in [-0.1, -0.05) is 11.6 Å².